The van der Waals surface area contributed by atoms with Gasteiger partial charge in [0, 0.05) is 18.7 Å². The monoisotopic (exact) mass is 377 g/mol. The Bertz CT molecular complexity index is 897. The molecular formula is C22H23N3O3. The molecule has 0 radical (unpaired) electrons. The number of ether oxygens (including phenoxy) is 1. The van der Waals surface area contributed by atoms with Crippen molar-refractivity contribution in [1.82, 2.24) is 4.90 Å². The quantitative estimate of drug-likeness (QED) is 0.891. The van der Waals surface area contributed by atoms with Crippen LogP contribution in [0.2, 0.25) is 0 Å². The highest BCUT2D eigenvalue weighted by Crippen LogP contribution is 2.39. The Morgan fingerprint density at radius 2 is 1.82 bits per heavy atom. The highest BCUT2D eigenvalue weighted by Gasteiger charge is 2.45. The van der Waals surface area contributed by atoms with Crippen LogP contribution in [0.3, 0.4) is 0 Å². The fourth-order valence-corrected chi connectivity index (χ4v) is 4.06. The second-order valence-electron chi connectivity index (χ2n) is 7.80. The van der Waals surface area contributed by atoms with Crippen molar-refractivity contribution in [3.8, 4) is 5.75 Å². The summed E-state index contributed by atoms with van der Waals surface area (Å²) in [6.07, 6.45) is 2.65. The van der Waals surface area contributed by atoms with Gasteiger partial charge >= 0.3 is 6.03 Å². The zero-order chi connectivity index (χ0) is 19.1. The van der Waals surface area contributed by atoms with Crippen LogP contribution in [0.1, 0.15) is 19.3 Å². The van der Waals surface area contributed by atoms with Crippen LogP contribution in [-0.4, -0.2) is 42.1 Å². The van der Waals surface area contributed by atoms with Gasteiger partial charge in [0.1, 0.15) is 17.9 Å². The smallest absolute Gasteiger partial charge is 0.322 e. The molecule has 2 aromatic carbocycles. The molecule has 1 N–H and O–H groups in total. The van der Waals surface area contributed by atoms with E-state index in [-0.39, 0.29) is 18.0 Å². The van der Waals surface area contributed by atoms with Gasteiger partial charge in [0.2, 0.25) is 5.91 Å². The van der Waals surface area contributed by atoms with Gasteiger partial charge in [0.25, 0.3) is 0 Å². The maximum absolute atomic E-state index is 13.5. The van der Waals surface area contributed by atoms with Crippen molar-refractivity contribution in [1.29, 1.82) is 0 Å². The van der Waals surface area contributed by atoms with E-state index in [9.17, 15) is 9.59 Å². The maximum Gasteiger partial charge on any atom is 0.322 e. The van der Waals surface area contributed by atoms with Crippen molar-refractivity contribution < 1.29 is 14.3 Å². The number of anilines is 2. The van der Waals surface area contributed by atoms with E-state index in [0.29, 0.717) is 25.4 Å². The molecule has 6 heteroatoms. The summed E-state index contributed by atoms with van der Waals surface area (Å²) in [6.45, 7) is 1.09. The minimum atomic E-state index is -0.499. The molecular weight excluding hydrogens is 354 g/mol. The lowest BCUT2D eigenvalue weighted by atomic mass is 10.1. The van der Waals surface area contributed by atoms with Crippen LogP contribution in [0.5, 0.6) is 5.75 Å². The summed E-state index contributed by atoms with van der Waals surface area (Å²) in [5.74, 6) is 1.26. The number of fused-ring (bicyclic) bond motifs is 3. The molecule has 2 fully saturated rings. The van der Waals surface area contributed by atoms with Crippen molar-refractivity contribution in [2.24, 2.45) is 5.92 Å². The van der Waals surface area contributed by atoms with Crippen molar-refractivity contribution in [3.63, 3.8) is 0 Å². The first-order valence-corrected chi connectivity index (χ1v) is 9.89. The molecule has 5 rings (SSSR count). The predicted octanol–water partition coefficient (Wildman–Crippen LogP) is 3.50. The van der Waals surface area contributed by atoms with E-state index in [1.54, 1.807) is 4.90 Å². The van der Waals surface area contributed by atoms with Crippen LogP contribution in [0, 0.1) is 5.92 Å². The Hall–Kier alpha value is -3.02. The molecule has 2 aliphatic heterocycles. The third kappa shape index (κ3) is 3.19. The number of likely N-dealkylation sites (tertiary alicyclic amines) is 1. The van der Waals surface area contributed by atoms with Crippen LogP contribution in [-0.2, 0) is 4.79 Å². The number of para-hydroxylation sites is 3. The average Bonchev–Trinajstić information content (AvgIpc) is 3.43. The summed E-state index contributed by atoms with van der Waals surface area (Å²) >= 11 is 0. The average molecular weight is 377 g/mol. The van der Waals surface area contributed by atoms with E-state index in [1.165, 1.54) is 0 Å². The van der Waals surface area contributed by atoms with E-state index in [0.717, 1.165) is 30.0 Å². The fraction of sp³-hybridized carbons (Fsp3) is 0.364. The Balaban J connectivity index is 1.44. The second-order valence-corrected chi connectivity index (χ2v) is 7.80. The molecule has 1 aliphatic carbocycles. The number of nitrogens with one attached hydrogen (secondary N) is 1. The van der Waals surface area contributed by atoms with Gasteiger partial charge in [-0.15, -0.1) is 0 Å². The molecule has 6 nitrogen and oxygen atoms in total. The molecule has 2 atom stereocenters. The van der Waals surface area contributed by atoms with Crippen LogP contribution in [0.4, 0.5) is 16.2 Å². The molecule has 0 unspecified atom stereocenters. The SMILES string of the molecule is O=C1[C@@H]2C[C@@H](CN2C(=O)Nc2ccccc2)Oc2ccccc2N1CC1CC1. The van der Waals surface area contributed by atoms with Gasteiger partial charge in [-0.2, -0.15) is 0 Å². The van der Waals surface area contributed by atoms with Gasteiger partial charge in [-0.25, -0.2) is 4.79 Å². The molecule has 1 saturated carbocycles. The number of amides is 3. The van der Waals surface area contributed by atoms with Gasteiger partial charge in [0.15, 0.2) is 0 Å². The summed E-state index contributed by atoms with van der Waals surface area (Å²) in [5, 5.41) is 2.91. The summed E-state index contributed by atoms with van der Waals surface area (Å²) in [5.41, 5.74) is 1.54. The lowest BCUT2D eigenvalue weighted by molar-refractivity contribution is -0.122. The lowest BCUT2D eigenvalue weighted by Crippen LogP contribution is -2.49. The van der Waals surface area contributed by atoms with E-state index >= 15 is 0 Å². The van der Waals surface area contributed by atoms with Crippen molar-refractivity contribution in [2.75, 3.05) is 23.3 Å². The highest BCUT2D eigenvalue weighted by atomic mass is 16.5. The Morgan fingerprint density at radius 1 is 1.07 bits per heavy atom. The topological polar surface area (TPSA) is 61.9 Å². The lowest BCUT2D eigenvalue weighted by Gasteiger charge is -2.31. The van der Waals surface area contributed by atoms with Crippen molar-refractivity contribution in [3.05, 3.63) is 54.6 Å². The number of hydrogen-bond acceptors (Lipinski definition) is 3. The number of carbonyl (C=O) groups excluding carboxylic acids is 2. The van der Waals surface area contributed by atoms with Gasteiger partial charge in [0.05, 0.1) is 12.2 Å². The van der Waals surface area contributed by atoms with E-state index in [4.69, 9.17) is 4.74 Å². The number of carbonyl (C=O) groups is 2. The summed E-state index contributed by atoms with van der Waals surface area (Å²) in [6, 6.07) is 16.3. The molecule has 3 aliphatic rings. The second kappa shape index (κ2) is 6.86. The van der Waals surface area contributed by atoms with Gasteiger partial charge in [-0.3, -0.25) is 4.79 Å². The van der Waals surface area contributed by atoms with Crippen molar-refractivity contribution >= 4 is 23.3 Å². The van der Waals surface area contributed by atoms with Crippen LogP contribution in [0.15, 0.2) is 54.6 Å². The Morgan fingerprint density at radius 3 is 2.61 bits per heavy atom. The first-order valence-electron chi connectivity index (χ1n) is 9.89. The third-order valence-electron chi connectivity index (χ3n) is 5.69. The fourth-order valence-electron chi connectivity index (χ4n) is 4.06. The molecule has 2 heterocycles. The Labute approximate surface area is 164 Å². The largest absolute Gasteiger partial charge is 0.486 e. The number of urea groups is 1. The summed E-state index contributed by atoms with van der Waals surface area (Å²) < 4.78 is 6.22. The molecule has 28 heavy (non-hydrogen) atoms. The number of nitrogens with zero attached hydrogens (tertiary/aromatic N) is 2. The first-order chi connectivity index (χ1) is 13.7. The molecule has 144 valence electrons. The van der Waals surface area contributed by atoms with E-state index in [1.807, 2.05) is 59.5 Å². The zero-order valence-corrected chi connectivity index (χ0v) is 15.6. The normalized spacial score (nSPS) is 23.5. The van der Waals surface area contributed by atoms with Crippen molar-refractivity contribution in [2.45, 2.75) is 31.4 Å². The van der Waals surface area contributed by atoms with Crippen LogP contribution >= 0.6 is 0 Å². The first kappa shape index (κ1) is 17.1. The third-order valence-corrected chi connectivity index (χ3v) is 5.69. The number of rotatable bonds is 3. The summed E-state index contributed by atoms with van der Waals surface area (Å²) in [7, 11) is 0. The van der Waals surface area contributed by atoms with E-state index < -0.39 is 6.04 Å². The standard InChI is InChI=1S/C22H23N3O3/c26-21-19-12-17(14-25(19)22(27)23-16-6-2-1-3-7-16)28-20-9-5-4-8-18(20)24(21)13-15-10-11-15/h1-9,15,17,19H,10-14H2,(H,23,27)/t17-,19-/m0/s1. The van der Waals surface area contributed by atoms with Gasteiger partial charge in [-0.05, 0) is 43.0 Å². The molecule has 2 aromatic rings. The minimum Gasteiger partial charge on any atom is -0.486 e. The maximum atomic E-state index is 13.5. The molecule has 1 saturated heterocycles. The molecule has 0 spiro atoms. The number of hydrogen-bond donors (Lipinski definition) is 1. The predicted molar refractivity (Wildman–Crippen MR) is 107 cm³/mol. The molecule has 0 aromatic heterocycles. The minimum absolute atomic E-state index is 0.00615. The van der Waals surface area contributed by atoms with Gasteiger partial charge in [-0.1, -0.05) is 30.3 Å². The Kier molecular flexibility index (Phi) is 4.19. The highest BCUT2D eigenvalue weighted by molar-refractivity contribution is 6.02. The van der Waals surface area contributed by atoms with Crippen LogP contribution in [0.25, 0.3) is 0 Å². The summed E-state index contributed by atoms with van der Waals surface area (Å²) in [4.78, 5) is 29.9. The molecule has 2 bridgehead atoms. The zero-order valence-electron chi connectivity index (χ0n) is 15.6. The van der Waals surface area contributed by atoms with Crippen LogP contribution < -0.4 is 15.0 Å². The number of benzene rings is 2. The molecule has 3 amide bonds. The van der Waals surface area contributed by atoms with Gasteiger partial charge < -0.3 is 19.9 Å². The van der Waals surface area contributed by atoms with E-state index in [2.05, 4.69) is 5.32 Å².